The first-order valence-electron chi connectivity index (χ1n) is 7.01. The van der Waals surface area contributed by atoms with Gasteiger partial charge in [0.25, 0.3) is 0 Å². The predicted octanol–water partition coefficient (Wildman–Crippen LogP) is 3.53. The summed E-state index contributed by atoms with van der Waals surface area (Å²) in [5.74, 6) is 1.76. The van der Waals surface area contributed by atoms with Crippen LogP contribution in [0.15, 0.2) is 36.4 Å². The molecule has 3 rings (SSSR count). The molecule has 0 aromatic heterocycles. The molecule has 2 N–H and O–H groups in total. The minimum atomic E-state index is -0.135. The molecule has 0 saturated heterocycles. The maximum atomic E-state index is 6.37. The highest BCUT2D eigenvalue weighted by molar-refractivity contribution is 6.30. The van der Waals surface area contributed by atoms with Crippen LogP contribution in [0.1, 0.15) is 22.7 Å². The molecule has 1 aliphatic heterocycles. The summed E-state index contributed by atoms with van der Waals surface area (Å²) < 4.78 is 10.9. The maximum absolute atomic E-state index is 6.37. The van der Waals surface area contributed by atoms with Crippen molar-refractivity contribution in [2.45, 2.75) is 18.9 Å². The molecule has 3 nitrogen and oxygen atoms in total. The maximum Gasteiger partial charge on any atom is 0.127 e. The molecule has 110 valence electrons. The van der Waals surface area contributed by atoms with E-state index in [1.165, 1.54) is 0 Å². The van der Waals surface area contributed by atoms with Crippen molar-refractivity contribution in [2.24, 2.45) is 5.73 Å². The number of hydrogen-bond donors (Lipinski definition) is 1. The third-order valence-corrected chi connectivity index (χ3v) is 4.01. The van der Waals surface area contributed by atoms with Gasteiger partial charge in [-0.25, -0.2) is 0 Å². The lowest BCUT2D eigenvalue weighted by Crippen LogP contribution is -2.14. The minimum Gasteiger partial charge on any atom is -0.497 e. The van der Waals surface area contributed by atoms with Crippen molar-refractivity contribution < 1.29 is 9.47 Å². The summed E-state index contributed by atoms with van der Waals surface area (Å²) in [6.07, 6.45) is 1.64. The molecule has 1 unspecified atom stereocenters. The molecule has 2 aromatic rings. The predicted molar refractivity (Wildman–Crippen MR) is 84.3 cm³/mol. The first-order valence-corrected chi connectivity index (χ1v) is 7.39. The summed E-state index contributed by atoms with van der Waals surface area (Å²) >= 11 is 6.19. The number of rotatable bonds is 4. The number of halogens is 1. The Kier molecular flexibility index (Phi) is 4.04. The number of fused-ring (bicyclic) bond motifs is 1. The van der Waals surface area contributed by atoms with Crippen LogP contribution >= 0.6 is 11.6 Å². The van der Waals surface area contributed by atoms with Crippen LogP contribution in [0.4, 0.5) is 0 Å². The van der Waals surface area contributed by atoms with E-state index in [1.807, 2.05) is 36.4 Å². The van der Waals surface area contributed by atoms with E-state index < -0.39 is 0 Å². The normalized spacial score (nSPS) is 14.4. The van der Waals surface area contributed by atoms with E-state index in [1.54, 1.807) is 7.11 Å². The molecule has 0 saturated carbocycles. The van der Waals surface area contributed by atoms with E-state index in [0.29, 0.717) is 6.61 Å². The molecule has 1 aliphatic rings. The molecule has 0 amide bonds. The van der Waals surface area contributed by atoms with Crippen LogP contribution in [-0.2, 0) is 12.8 Å². The van der Waals surface area contributed by atoms with E-state index in [9.17, 15) is 0 Å². The lowest BCUT2D eigenvalue weighted by Gasteiger charge is -2.16. The first-order chi connectivity index (χ1) is 10.2. The topological polar surface area (TPSA) is 44.5 Å². The molecular weight excluding hydrogens is 286 g/mol. The Labute approximate surface area is 129 Å². The Balaban J connectivity index is 1.83. The molecule has 0 aliphatic carbocycles. The van der Waals surface area contributed by atoms with Crippen molar-refractivity contribution in [1.29, 1.82) is 0 Å². The molecule has 2 aromatic carbocycles. The molecule has 4 heteroatoms. The molecule has 1 atom stereocenters. The van der Waals surface area contributed by atoms with Crippen molar-refractivity contribution in [1.82, 2.24) is 0 Å². The third kappa shape index (κ3) is 2.99. The average Bonchev–Trinajstić information content (AvgIpc) is 2.95. The van der Waals surface area contributed by atoms with Crippen LogP contribution < -0.4 is 15.2 Å². The van der Waals surface area contributed by atoms with Gasteiger partial charge in [0.05, 0.1) is 13.7 Å². The highest BCUT2D eigenvalue weighted by atomic mass is 35.5. The van der Waals surface area contributed by atoms with E-state index in [-0.39, 0.29) is 6.04 Å². The fraction of sp³-hybridized carbons (Fsp3) is 0.294. The fourth-order valence-electron chi connectivity index (χ4n) is 2.70. The Morgan fingerprint density at radius 2 is 2.05 bits per heavy atom. The minimum absolute atomic E-state index is 0.135. The first kappa shape index (κ1) is 14.2. The van der Waals surface area contributed by atoms with Gasteiger partial charge in [0.15, 0.2) is 0 Å². The Hall–Kier alpha value is -1.71. The summed E-state index contributed by atoms with van der Waals surface area (Å²) in [7, 11) is 1.66. The van der Waals surface area contributed by atoms with E-state index in [4.69, 9.17) is 26.8 Å². The zero-order chi connectivity index (χ0) is 14.8. The summed E-state index contributed by atoms with van der Waals surface area (Å²) in [5, 5.41) is 0.722. The zero-order valence-electron chi connectivity index (χ0n) is 11.9. The summed E-state index contributed by atoms with van der Waals surface area (Å²) in [6, 6.07) is 11.7. The molecule has 1 heterocycles. The largest absolute Gasteiger partial charge is 0.497 e. The van der Waals surface area contributed by atoms with Crippen LogP contribution in [0, 0.1) is 0 Å². The molecule has 0 spiro atoms. The van der Waals surface area contributed by atoms with Crippen LogP contribution in [0.5, 0.6) is 11.5 Å². The molecule has 0 bridgehead atoms. The van der Waals surface area contributed by atoms with Gasteiger partial charge in [-0.15, -0.1) is 0 Å². The number of hydrogen-bond acceptors (Lipinski definition) is 3. The monoisotopic (exact) mass is 303 g/mol. The second-order valence-electron chi connectivity index (χ2n) is 5.24. The van der Waals surface area contributed by atoms with E-state index in [0.717, 1.165) is 46.1 Å². The second kappa shape index (κ2) is 5.96. The van der Waals surface area contributed by atoms with Gasteiger partial charge in [0, 0.05) is 23.0 Å². The van der Waals surface area contributed by atoms with Gasteiger partial charge in [-0.3, -0.25) is 0 Å². The van der Waals surface area contributed by atoms with Crippen LogP contribution in [0.3, 0.4) is 0 Å². The van der Waals surface area contributed by atoms with Gasteiger partial charge in [-0.1, -0.05) is 23.7 Å². The van der Waals surface area contributed by atoms with E-state index in [2.05, 4.69) is 0 Å². The van der Waals surface area contributed by atoms with Crippen molar-refractivity contribution in [2.75, 3.05) is 13.7 Å². The SMILES string of the molecule is COc1ccc(CC(N)c2cc(Cl)cc3c2OCC3)cc1. The van der Waals surface area contributed by atoms with Crippen molar-refractivity contribution in [3.63, 3.8) is 0 Å². The Morgan fingerprint density at radius 1 is 1.29 bits per heavy atom. The second-order valence-corrected chi connectivity index (χ2v) is 5.68. The molecule has 21 heavy (non-hydrogen) atoms. The van der Waals surface area contributed by atoms with Gasteiger partial charge in [-0.05, 0) is 41.8 Å². The van der Waals surface area contributed by atoms with Crippen LogP contribution in [-0.4, -0.2) is 13.7 Å². The molecular formula is C17H18ClNO2. The standard InChI is InChI=1S/C17H18ClNO2/c1-20-14-4-2-11(3-5-14)8-16(19)15-10-13(18)9-12-6-7-21-17(12)15/h2-5,9-10,16H,6-8,19H2,1H3. The van der Waals surface area contributed by atoms with Crippen LogP contribution in [0.25, 0.3) is 0 Å². The summed E-state index contributed by atoms with van der Waals surface area (Å²) in [6.45, 7) is 0.706. The zero-order valence-corrected chi connectivity index (χ0v) is 12.7. The molecule has 0 radical (unpaired) electrons. The molecule has 0 fully saturated rings. The lowest BCUT2D eigenvalue weighted by atomic mass is 9.97. The number of benzene rings is 2. The van der Waals surface area contributed by atoms with Gasteiger partial charge in [0.1, 0.15) is 11.5 Å². The average molecular weight is 304 g/mol. The van der Waals surface area contributed by atoms with Gasteiger partial charge in [-0.2, -0.15) is 0 Å². The summed E-state index contributed by atoms with van der Waals surface area (Å²) in [5.41, 5.74) is 9.68. The van der Waals surface area contributed by atoms with Crippen molar-refractivity contribution >= 4 is 11.6 Å². The quantitative estimate of drug-likeness (QED) is 0.940. The van der Waals surface area contributed by atoms with Gasteiger partial charge in [0.2, 0.25) is 0 Å². The van der Waals surface area contributed by atoms with E-state index >= 15 is 0 Å². The van der Waals surface area contributed by atoms with Crippen molar-refractivity contribution in [3.05, 3.63) is 58.1 Å². The highest BCUT2D eigenvalue weighted by Crippen LogP contribution is 2.36. The fourth-order valence-corrected chi connectivity index (χ4v) is 2.95. The highest BCUT2D eigenvalue weighted by Gasteiger charge is 2.21. The number of nitrogens with two attached hydrogens (primary N) is 1. The number of methoxy groups -OCH3 is 1. The lowest BCUT2D eigenvalue weighted by molar-refractivity contribution is 0.351. The van der Waals surface area contributed by atoms with Gasteiger partial charge >= 0.3 is 0 Å². The Bertz CT molecular complexity index is 640. The van der Waals surface area contributed by atoms with Crippen molar-refractivity contribution in [3.8, 4) is 11.5 Å². The Morgan fingerprint density at radius 3 is 2.76 bits per heavy atom. The van der Waals surface area contributed by atoms with Gasteiger partial charge < -0.3 is 15.2 Å². The third-order valence-electron chi connectivity index (χ3n) is 3.79. The smallest absolute Gasteiger partial charge is 0.127 e. The van der Waals surface area contributed by atoms with Crippen LogP contribution in [0.2, 0.25) is 5.02 Å². The number of ether oxygens (including phenoxy) is 2. The summed E-state index contributed by atoms with van der Waals surface area (Å²) in [4.78, 5) is 0.